The molecule has 1 N–H and O–H groups in total. The average Bonchev–Trinajstić information content (AvgIpc) is 3.48. The minimum Gasteiger partial charge on any atom is -0.434 e. The molecule has 0 radical (unpaired) electrons. The van der Waals surface area contributed by atoms with Gasteiger partial charge in [-0.3, -0.25) is 14.2 Å². The zero-order valence-electron chi connectivity index (χ0n) is 22.1. The first-order valence-electron chi connectivity index (χ1n) is 12.9. The lowest BCUT2D eigenvalue weighted by atomic mass is 9.88. The van der Waals surface area contributed by atoms with Crippen LogP contribution < -0.4 is 10.3 Å². The van der Waals surface area contributed by atoms with Crippen LogP contribution in [0.4, 0.5) is 8.78 Å². The molecule has 0 spiro atoms. The highest BCUT2D eigenvalue weighted by atomic mass is 19.3. The summed E-state index contributed by atoms with van der Waals surface area (Å²) in [7, 11) is 1.64. The predicted octanol–water partition coefficient (Wildman–Crippen LogP) is 5.19. The van der Waals surface area contributed by atoms with Gasteiger partial charge >= 0.3 is 6.61 Å². The van der Waals surface area contributed by atoms with E-state index in [2.05, 4.69) is 15.9 Å². The first kappa shape index (κ1) is 26.6. The number of hydrogen-bond acceptors (Lipinski definition) is 5. The molecule has 2 atom stereocenters. The number of fused-ring (bicyclic) bond motifs is 1. The monoisotopic (exact) mass is 532 g/mol. The van der Waals surface area contributed by atoms with Gasteiger partial charge in [0.1, 0.15) is 11.4 Å². The zero-order chi connectivity index (χ0) is 27.9. The Bertz CT molecular complexity index is 1610. The van der Waals surface area contributed by atoms with Crippen molar-refractivity contribution in [3.8, 4) is 29.2 Å². The quantitative estimate of drug-likeness (QED) is 0.331. The third-order valence-electron chi connectivity index (χ3n) is 7.47. The van der Waals surface area contributed by atoms with Crippen molar-refractivity contribution in [2.45, 2.75) is 57.8 Å². The van der Waals surface area contributed by atoms with Crippen molar-refractivity contribution in [1.29, 1.82) is 0 Å². The lowest BCUT2D eigenvalue weighted by Crippen LogP contribution is -2.20. The zero-order valence-corrected chi connectivity index (χ0v) is 22.1. The fraction of sp³-hybridized carbons (Fsp3) is 0.367. The summed E-state index contributed by atoms with van der Waals surface area (Å²) < 4.78 is 34.7. The van der Waals surface area contributed by atoms with E-state index in [1.54, 1.807) is 50.1 Å². The Morgan fingerprint density at radius 3 is 2.56 bits per heavy atom. The number of halogens is 2. The third kappa shape index (κ3) is 5.17. The molecule has 9 heteroatoms. The fourth-order valence-corrected chi connectivity index (χ4v) is 5.42. The standard InChI is InChI=1S/C30H30F2N4O3/c1-5-18-7-6-8-23(18)20-10-12-26(39-29(31)32)21(13-20)17-36-25-14-19(9-11-24(25)27(37)35(36)4)22-15-33-28(34-16-22)30(2,3)38/h1,9-16,18,23,29,38H,6-8,17H2,2-4H3/t18-,23?/m0/s1. The maximum absolute atomic E-state index is 13.3. The average molecular weight is 533 g/mol. The Labute approximate surface area is 225 Å². The van der Waals surface area contributed by atoms with Gasteiger partial charge in [0, 0.05) is 36.5 Å². The summed E-state index contributed by atoms with van der Waals surface area (Å²) >= 11 is 0. The van der Waals surface area contributed by atoms with Gasteiger partial charge in [-0.25, -0.2) is 9.97 Å². The van der Waals surface area contributed by atoms with Crippen LogP contribution in [0.1, 0.15) is 56.0 Å². The van der Waals surface area contributed by atoms with Gasteiger partial charge in [0.2, 0.25) is 0 Å². The summed E-state index contributed by atoms with van der Waals surface area (Å²) in [6.07, 6.45) is 11.9. The smallest absolute Gasteiger partial charge is 0.387 e. The number of aliphatic hydroxyl groups is 1. The summed E-state index contributed by atoms with van der Waals surface area (Å²) in [6.45, 7) is 0.369. The molecule has 0 amide bonds. The predicted molar refractivity (Wildman–Crippen MR) is 145 cm³/mol. The number of alkyl halides is 2. The van der Waals surface area contributed by atoms with E-state index in [1.165, 1.54) is 4.68 Å². The Kier molecular flexibility index (Phi) is 7.00. The first-order chi connectivity index (χ1) is 18.6. The van der Waals surface area contributed by atoms with E-state index < -0.39 is 12.2 Å². The highest BCUT2D eigenvalue weighted by molar-refractivity contribution is 5.84. The summed E-state index contributed by atoms with van der Waals surface area (Å²) in [6, 6.07) is 10.6. The molecule has 7 nitrogen and oxygen atoms in total. The van der Waals surface area contributed by atoms with Gasteiger partial charge < -0.3 is 9.84 Å². The highest BCUT2D eigenvalue weighted by Crippen LogP contribution is 2.40. The van der Waals surface area contributed by atoms with Crippen LogP contribution >= 0.6 is 0 Å². The summed E-state index contributed by atoms with van der Waals surface area (Å²) in [5.74, 6) is 3.48. The van der Waals surface area contributed by atoms with E-state index in [1.807, 2.05) is 24.3 Å². The van der Waals surface area contributed by atoms with Crippen molar-refractivity contribution in [3.05, 3.63) is 76.1 Å². The van der Waals surface area contributed by atoms with Crippen LogP contribution in [0.5, 0.6) is 5.75 Å². The Hall–Kier alpha value is -4.03. The summed E-state index contributed by atoms with van der Waals surface area (Å²) in [5, 5.41) is 10.7. The number of benzene rings is 2. The van der Waals surface area contributed by atoms with E-state index in [-0.39, 0.29) is 29.7 Å². The van der Waals surface area contributed by atoms with Gasteiger partial charge in [0.05, 0.1) is 17.4 Å². The Morgan fingerprint density at radius 2 is 1.90 bits per heavy atom. The molecular weight excluding hydrogens is 502 g/mol. The van der Waals surface area contributed by atoms with Crippen LogP contribution in [0.3, 0.4) is 0 Å². The maximum Gasteiger partial charge on any atom is 0.387 e. The van der Waals surface area contributed by atoms with E-state index in [9.17, 15) is 18.7 Å². The van der Waals surface area contributed by atoms with Gasteiger partial charge in [-0.05, 0) is 68.0 Å². The molecular formula is C30H30F2N4O3. The number of nitrogens with zero attached hydrogens (tertiary/aromatic N) is 4. The van der Waals surface area contributed by atoms with Crippen molar-refractivity contribution >= 4 is 10.9 Å². The maximum atomic E-state index is 13.3. The number of rotatable bonds is 7. The molecule has 0 bridgehead atoms. The number of aromatic nitrogens is 4. The molecule has 4 aromatic rings. The molecule has 1 saturated carbocycles. The van der Waals surface area contributed by atoms with Gasteiger partial charge in [0.25, 0.3) is 5.56 Å². The van der Waals surface area contributed by atoms with E-state index >= 15 is 0 Å². The second kappa shape index (κ2) is 10.3. The molecule has 0 aliphatic heterocycles. The SMILES string of the molecule is C#C[C@H]1CCCC1c1ccc(OC(F)F)c(Cn2c3cc(-c4cnc(C(C)(C)O)nc4)ccc3c(=O)n2C)c1. The van der Waals surface area contributed by atoms with Gasteiger partial charge in [0.15, 0.2) is 5.82 Å². The van der Waals surface area contributed by atoms with E-state index in [4.69, 9.17) is 11.2 Å². The molecule has 1 aliphatic carbocycles. The first-order valence-corrected chi connectivity index (χ1v) is 12.9. The second-order valence-electron chi connectivity index (χ2n) is 10.5. The molecule has 2 aromatic heterocycles. The van der Waals surface area contributed by atoms with Crippen molar-refractivity contribution < 1.29 is 18.6 Å². The number of ether oxygens (including phenoxy) is 1. The molecule has 39 heavy (non-hydrogen) atoms. The minimum absolute atomic E-state index is 0.0602. The van der Waals surface area contributed by atoms with Gasteiger partial charge in [-0.15, -0.1) is 12.3 Å². The van der Waals surface area contributed by atoms with Crippen LogP contribution in [0.15, 0.2) is 53.6 Å². The van der Waals surface area contributed by atoms with E-state index in [0.29, 0.717) is 27.9 Å². The Balaban J connectivity index is 1.58. The second-order valence-corrected chi connectivity index (χ2v) is 10.5. The topological polar surface area (TPSA) is 82.2 Å². The highest BCUT2D eigenvalue weighted by Gasteiger charge is 2.28. The molecule has 1 fully saturated rings. The van der Waals surface area contributed by atoms with Crippen molar-refractivity contribution in [2.75, 3.05) is 0 Å². The molecule has 0 saturated heterocycles. The van der Waals surface area contributed by atoms with Crippen LogP contribution in [0.2, 0.25) is 0 Å². The normalized spacial score (nSPS) is 17.6. The molecule has 5 rings (SSSR count). The molecule has 2 aromatic carbocycles. The lowest BCUT2D eigenvalue weighted by molar-refractivity contribution is -0.0505. The van der Waals surface area contributed by atoms with Crippen LogP contribution in [-0.2, 0) is 19.2 Å². The fourth-order valence-electron chi connectivity index (χ4n) is 5.42. The van der Waals surface area contributed by atoms with Crippen LogP contribution in [0, 0.1) is 18.3 Å². The summed E-state index contributed by atoms with van der Waals surface area (Å²) in [5.41, 5.74) is 2.24. The number of terminal acetylenes is 1. The largest absolute Gasteiger partial charge is 0.434 e. The third-order valence-corrected chi connectivity index (χ3v) is 7.47. The van der Waals surface area contributed by atoms with Crippen LogP contribution in [0.25, 0.3) is 22.0 Å². The lowest BCUT2D eigenvalue weighted by Gasteiger charge is -2.19. The van der Waals surface area contributed by atoms with Gasteiger partial charge in [-0.1, -0.05) is 18.6 Å². The van der Waals surface area contributed by atoms with Crippen molar-refractivity contribution in [3.63, 3.8) is 0 Å². The summed E-state index contributed by atoms with van der Waals surface area (Å²) in [4.78, 5) is 21.6. The van der Waals surface area contributed by atoms with Crippen molar-refractivity contribution in [2.24, 2.45) is 13.0 Å². The van der Waals surface area contributed by atoms with Crippen LogP contribution in [-0.4, -0.2) is 31.0 Å². The number of hydrogen-bond donors (Lipinski definition) is 1. The van der Waals surface area contributed by atoms with Crippen molar-refractivity contribution in [1.82, 2.24) is 19.3 Å². The molecule has 202 valence electrons. The molecule has 2 heterocycles. The van der Waals surface area contributed by atoms with E-state index in [0.717, 1.165) is 30.4 Å². The Morgan fingerprint density at radius 1 is 1.15 bits per heavy atom. The van der Waals surface area contributed by atoms with Gasteiger partial charge in [-0.2, -0.15) is 8.78 Å². The minimum atomic E-state index is -2.98. The molecule has 1 aliphatic rings. The molecule has 1 unspecified atom stereocenters.